The molecule has 1 fully saturated rings. The van der Waals surface area contributed by atoms with Crippen molar-refractivity contribution in [1.82, 2.24) is 4.90 Å². The topological polar surface area (TPSA) is 76.2 Å². The van der Waals surface area contributed by atoms with E-state index in [2.05, 4.69) is 0 Å². The quantitative estimate of drug-likeness (QED) is 0.775. The van der Waals surface area contributed by atoms with E-state index in [0.29, 0.717) is 30.0 Å². The Bertz CT molecular complexity index is 713. The van der Waals surface area contributed by atoms with Gasteiger partial charge in [-0.3, -0.25) is 9.10 Å². The monoisotopic (exact) mass is 354 g/mol. The van der Waals surface area contributed by atoms with E-state index >= 15 is 0 Å². The number of benzene rings is 1. The van der Waals surface area contributed by atoms with Gasteiger partial charge in [-0.1, -0.05) is 0 Å². The van der Waals surface area contributed by atoms with Crippen molar-refractivity contribution in [3.63, 3.8) is 0 Å². The molecule has 1 amide bonds. The van der Waals surface area contributed by atoms with Gasteiger partial charge in [0.1, 0.15) is 0 Å². The zero-order chi connectivity index (χ0) is 17.2. The predicted molar refractivity (Wildman–Crippen MR) is 89.8 cm³/mol. The molecule has 0 saturated carbocycles. The molecule has 0 atom stereocenters. The average molecular weight is 354 g/mol. The van der Waals surface area contributed by atoms with Crippen molar-refractivity contribution >= 4 is 21.6 Å². The molecular formula is C16H22N2O5S. The molecule has 0 radical (unpaired) electrons. The first-order valence-corrected chi connectivity index (χ1v) is 9.95. The second kappa shape index (κ2) is 6.88. The summed E-state index contributed by atoms with van der Waals surface area (Å²) in [6, 6.07) is 5.05. The van der Waals surface area contributed by atoms with Crippen LogP contribution in [0.2, 0.25) is 0 Å². The number of nitrogens with zero attached hydrogens (tertiary/aromatic N) is 2. The van der Waals surface area contributed by atoms with Crippen LogP contribution in [0.5, 0.6) is 11.5 Å². The highest BCUT2D eigenvalue weighted by Gasteiger charge is 2.22. The van der Waals surface area contributed by atoms with Gasteiger partial charge in [-0.2, -0.15) is 0 Å². The van der Waals surface area contributed by atoms with E-state index in [4.69, 9.17) is 9.47 Å². The number of fused-ring (bicyclic) bond motifs is 1. The van der Waals surface area contributed by atoms with Crippen LogP contribution in [0.25, 0.3) is 0 Å². The molecule has 0 unspecified atom stereocenters. The SMILES string of the molecule is CS(=O)(=O)N(CCCC(=O)N1CCCC1)c1ccc2c(c1)OCO2. The Morgan fingerprint density at radius 1 is 1.21 bits per heavy atom. The summed E-state index contributed by atoms with van der Waals surface area (Å²) in [5, 5.41) is 0. The maximum atomic E-state index is 12.1. The zero-order valence-corrected chi connectivity index (χ0v) is 14.5. The number of carbonyl (C=O) groups is 1. The van der Waals surface area contributed by atoms with E-state index in [1.165, 1.54) is 10.6 Å². The van der Waals surface area contributed by atoms with Crippen LogP contribution in [0.4, 0.5) is 5.69 Å². The fraction of sp³-hybridized carbons (Fsp3) is 0.562. The van der Waals surface area contributed by atoms with E-state index in [1.807, 2.05) is 4.90 Å². The van der Waals surface area contributed by atoms with Crippen LogP contribution >= 0.6 is 0 Å². The highest BCUT2D eigenvalue weighted by atomic mass is 32.2. The maximum absolute atomic E-state index is 12.1. The van der Waals surface area contributed by atoms with E-state index in [0.717, 1.165) is 25.9 Å². The highest BCUT2D eigenvalue weighted by Crippen LogP contribution is 2.36. The number of amides is 1. The molecular weight excluding hydrogens is 332 g/mol. The summed E-state index contributed by atoms with van der Waals surface area (Å²) in [6.07, 6.45) is 4.12. The minimum atomic E-state index is -3.44. The molecule has 1 saturated heterocycles. The number of ether oxygens (including phenoxy) is 2. The number of hydrogen-bond acceptors (Lipinski definition) is 5. The van der Waals surface area contributed by atoms with Crippen molar-refractivity contribution in [3.05, 3.63) is 18.2 Å². The van der Waals surface area contributed by atoms with Crippen molar-refractivity contribution in [2.75, 3.05) is 37.0 Å². The largest absolute Gasteiger partial charge is 0.454 e. The minimum absolute atomic E-state index is 0.103. The Balaban J connectivity index is 1.65. The Kier molecular flexibility index (Phi) is 4.84. The Morgan fingerprint density at radius 3 is 2.62 bits per heavy atom. The number of sulfonamides is 1. The molecule has 0 aromatic heterocycles. The average Bonchev–Trinajstić information content (AvgIpc) is 3.20. The first-order chi connectivity index (χ1) is 11.4. The molecule has 2 heterocycles. The van der Waals surface area contributed by atoms with Crippen LogP contribution in [0, 0.1) is 0 Å². The van der Waals surface area contributed by atoms with Gasteiger partial charge in [0.2, 0.25) is 22.7 Å². The van der Waals surface area contributed by atoms with Gasteiger partial charge in [-0.05, 0) is 31.4 Å². The standard InChI is InChI=1S/C16H22N2O5S/c1-24(20,21)18(10-4-5-16(19)17-8-2-3-9-17)13-6-7-14-15(11-13)23-12-22-14/h6-7,11H,2-5,8-10,12H2,1H3. The predicted octanol–water partition coefficient (Wildman–Crippen LogP) is 1.58. The Hall–Kier alpha value is -1.96. The fourth-order valence-electron chi connectivity index (χ4n) is 3.03. The molecule has 0 N–H and O–H groups in total. The van der Waals surface area contributed by atoms with Gasteiger partial charge in [-0.15, -0.1) is 0 Å². The van der Waals surface area contributed by atoms with Crippen LogP contribution in [0.1, 0.15) is 25.7 Å². The van der Waals surface area contributed by atoms with E-state index in [-0.39, 0.29) is 19.2 Å². The van der Waals surface area contributed by atoms with E-state index in [9.17, 15) is 13.2 Å². The third-order valence-electron chi connectivity index (χ3n) is 4.26. The normalized spacial score (nSPS) is 16.5. The number of carbonyl (C=O) groups excluding carboxylic acids is 1. The van der Waals surface area contributed by atoms with Crippen molar-refractivity contribution in [2.45, 2.75) is 25.7 Å². The van der Waals surface area contributed by atoms with Gasteiger partial charge in [0.25, 0.3) is 0 Å². The van der Waals surface area contributed by atoms with Gasteiger partial charge < -0.3 is 14.4 Å². The summed E-state index contributed by atoms with van der Waals surface area (Å²) >= 11 is 0. The van der Waals surface area contributed by atoms with Gasteiger partial charge >= 0.3 is 0 Å². The minimum Gasteiger partial charge on any atom is -0.454 e. The lowest BCUT2D eigenvalue weighted by Gasteiger charge is -2.23. The second-order valence-electron chi connectivity index (χ2n) is 6.06. The lowest BCUT2D eigenvalue weighted by molar-refractivity contribution is -0.130. The molecule has 1 aromatic rings. The van der Waals surface area contributed by atoms with Gasteiger partial charge in [-0.25, -0.2) is 8.42 Å². The smallest absolute Gasteiger partial charge is 0.232 e. The maximum Gasteiger partial charge on any atom is 0.232 e. The molecule has 3 rings (SSSR count). The molecule has 2 aliphatic heterocycles. The summed E-state index contributed by atoms with van der Waals surface area (Å²) < 4.78 is 36.1. The first-order valence-electron chi connectivity index (χ1n) is 8.10. The van der Waals surface area contributed by atoms with Crippen LogP contribution in [0.15, 0.2) is 18.2 Å². The third-order valence-corrected chi connectivity index (χ3v) is 5.45. The molecule has 2 aliphatic rings. The number of likely N-dealkylation sites (tertiary alicyclic amines) is 1. The molecule has 0 spiro atoms. The molecule has 8 heteroatoms. The molecule has 24 heavy (non-hydrogen) atoms. The van der Waals surface area contributed by atoms with Gasteiger partial charge in [0.15, 0.2) is 11.5 Å². The highest BCUT2D eigenvalue weighted by molar-refractivity contribution is 7.92. The number of hydrogen-bond donors (Lipinski definition) is 0. The third kappa shape index (κ3) is 3.75. The van der Waals surface area contributed by atoms with Crippen LogP contribution in [-0.4, -0.2) is 51.9 Å². The molecule has 0 bridgehead atoms. The van der Waals surface area contributed by atoms with Gasteiger partial charge in [0, 0.05) is 32.1 Å². The summed E-state index contributed by atoms with van der Waals surface area (Å²) in [6.45, 7) is 2.04. The number of rotatable bonds is 6. The van der Waals surface area contributed by atoms with Crippen LogP contribution < -0.4 is 13.8 Å². The molecule has 1 aromatic carbocycles. The van der Waals surface area contributed by atoms with E-state index in [1.54, 1.807) is 18.2 Å². The molecule has 7 nitrogen and oxygen atoms in total. The zero-order valence-electron chi connectivity index (χ0n) is 13.7. The van der Waals surface area contributed by atoms with Crippen molar-refractivity contribution in [1.29, 1.82) is 0 Å². The molecule has 0 aliphatic carbocycles. The fourth-order valence-corrected chi connectivity index (χ4v) is 3.98. The van der Waals surface area contributed by atoms with Crippen LogP contribution in [-0.2, 0) is 14.8 Å². The summed E-state index contributed by atoms with van der Waals surface area (Å²) in [5.74, 6) is 1.25. The first kappa shape index (κ1) is 16.9. The Labute approximate surface area is 142 Å². The lowest BCUT2D eigenvalue weighted by atomic mass is 10.2. The summed E-state index contributed by atoms with van der Waals surface area (Å²) in [4.78, 5) is 13.9. The molecule has 132 valence electrons. The van der Waals surface area contributed by atoms with Crippen molar-refractivity contribution < 1.29 is 22.7 Å². The lowest BCUT2D eigenvalue weighted by Crippen LogP contribution is -2.32. The van der Waals surface area contributed by atoms with Gasteiger partial charge in [0.05, 0.1) is 11.9 Å². The Morgan fingerprint density at radius 2 is 1.92 bits per heavy atom. The van der Waals surface area contributed by atoms with E-state index < -0.39 is 10.0 Å². The van der Waals surface area contributed by atoms with Crippen molar-refractivity contribution in [3.8, 4) is 11.5 Å². The summed E-state index contributed by atoms with van der Waals surface area (Å²) in [7, 11) is -3.44. The number of anilines is 1. The second-order valence-corrected chi connectivity index (χ2v) is 7.97. The van der Waals surface area contributed by atoms with Crippen LogP contribution in [0.3, 0.4) is 0 Å². The van der Waals surface area contributed by atoms with Crippen molar-refractivity contribution in [2.24, 2.45) is 0 Å². The summed E-state index contributed by atoms with van der Waals surface area (Å²) in [5.41, 5.74) is 0.523.